The number of hydrogen-bond acceptors (Lipinski definition) is 3. The molecule has 0 saturated carbocycles. The number of nitrogens with zero attached hydrogens (tertiary/aromatic N) is 1. The molecule has 0 saturated heterocycles. The Balaban J connectivity index is 1.95. The van der Waals surface area contributed by atoms with Gasteiger partial charge < -0.3 is 10.4 Å². The van der Waals surface area contributed by atoms with Crippen molar-refractivity contribution in [2.75, 3.05) is 0 Å². The van der Waals surface area contributed by atoms with Crippen molar-refractivity contribution in [3.05, 3.63) is 47.3 Å². The van der Waals surface area contributed by atoms with Gasteiger partial charge in [0.1, 0.15) is 5.75 Å². The van der Waals surface area contributed by atoms with Gasteiger partial charge in [0.25, 0.3) is 0 Å². The van der Waals surface area contributed by atoms with E-state index in [4.69, 9.17) is 0 Å². The van der Waals surface area contributed by atoms with Crippen LogP contribution in [0.1, 0.15) is 29.8 Å². The van der Waals surface area contributed by atoms with E-state index >= 15 is 0 Å². The standard InChI is InChI=1S/C13H17N3O/c1-9(11-3-5-13(17)6-4-11)14-7-12-8-15-16-10(12)2/h3-6,8-9,14,17H,7H2,1-2H3,(H,15,16). The van der Waals surface area contributed by atoms with Gasteiger partial charge in [0, 0.05) is 23.8 Å². The molecule has 0 aliphatic carbocycles. The molecule has 2 rings (SSSR count). The minimum Gasteiger partial charge on any atom is -0.508 e. The Labute approximate surface area is 101 Å². The van der Waals surface area contributed by atoms with Crippen LogP contribution in [0.3, 0.4) is 0 Å². The van der Waals surface area contributed by atoms with E-state index in [1.807, 2.05) is 25.3 Å². The number of benzene rings is 1. The molecule has 1 unspecified atom stereocenters. The maximum atomic E-state index is 9.22. The number of phenolic OH excluding ortho intramolecular Hbond substituents is 1. The van der Waals surface area contributed by atoms with Crippen LogP contribution in [-0.2, 0) is 6.54 Å². The van der Waals surface area contributed by atoms with Crippen LogP contribution in [0.15, 0.2) is 30.5 Å². The SMILES string of the molecule is Cc1[nH]ncc1CNC(C)c1ccc(O)cc1. The van der Waals surface area contributed by atoms with Crippen LogP contribution in [-0.4, -0.2) is 15.3 Å². The van der Waals surface area contributed by atoms with E-state index < -0.39 is 0 Å². The zero-order chi connectivity index (χ0) is 12.3. The van der Waals surface area contributed by atoms with Gasteiger partial charge in [0.15, 0.2) is 0 Å². The molecule has 0 bridgehead atoms. The highest BCUT2D eigenvalue weighted by Crippen LogP contribution is 2.17. The van der Waals surface area contributed by atoms with Crippen LogP contribution in [0, 0.1) is 6.92 Å². The minimum atomic E-state index is 0.241. The summed E-state index contributed by atoms with van der Waals surface area (Å²) < 4.78 is 0. The Kier molecular flexibility index (Phi) is 3.44. The Morgan fingerprint density at radius 2 is 2.06 bits per heavy atom. The molecule has 4 heteroatoms. The van der Waals surface area contributed by atoms with Crippen molar-refractivity contribution in [1.29, 1.82) is 0 Å². The summed E-state index contributed by atoms with van der Waals surface area (Å²) in [7, 11) is 0. The number of hydrogen-bond donors (Lipinski definition) is 3. The van der Waals surface area contributed by atoms with Gasteiger partial charge in [-0.15, -0.1) is 0 Å². The first-order valence-electron chi connectivity index (χ1n) is 5.68. The molecule has 17 heavy (non-hydrogen) atoms. The van der Waals surface area contributed by atoms with Crippen molar-refractivity contribution in [2.45, 2.75) is 26.4 Å². The second-order valence-corrected chi connectivity index (χ2v) is 4.21. The lowest BCUT2D eigenvalue weighted by molar-refractivity contribution is 0.474. The summed E-state index contributed by atoms with van der Waals surface area (Å²) in [6.07, 6.45) is 1.84. The predicted molar refractivity (Wildman–Crippen MR) is 66.7 cm³/mol. The van der Waals surface area contributed by atoms with Gasteiger partial charge in [-0.3, -0.25) is 5.10 Å². The fourth-order valence-corrected chi connectivity index (χ4v) is 1.70. The Morgan fingerprint density at radius 3 is 2.65 bits per heavy atom. The summed E-state index contributed by atoms with van der Waals surface area (Å²) in [6.45, 7) is 4.89. The van der Waals surface area contributed by atoms with Crippen molar-refractivity contribution < 1.29 is 5.11 Å². The van der Waals surface area contributed by atoms with E-state index in [1.54, 1.807) is 12.1 Å². The van der Waals surface area contributed by atoms with Gasteiger partial charge in [0.2, 0.25) is 0 Å². The average Bonchev–Trinajstić information content (AvgIpc) is 2.73. The number of aromatic amines is 1. The number of H-pyrrole nitrogens is 1. The largest absolute Gasteiger partial charge is 0.508 e. The lowest BCUT2D eigenvalue weighted by atomic mass is 10.1. The van der Waals surface area contributed by atoms with Crippen LogP contribution in [0.4, 0.5) is 0 Å². The molecular formula is C13H17N3O. The summed E-state index contributed by atoms with van der Waals surface area (Å²) in [5, 5.41) is 19.5. The molecule has 0 radical (unpaired) electrons. The molecule has 1 aromatic heterocycles. The number of aromatic nitrogens is 2. The summed E-state index contributed by atoms with van der Waals surface area (Å²) in [5.41, 5.74) is 3.43. The number of rotatable bonds is 4. The molecule has 1 atom stereocenters. The molecule has 0 spiro atoms. The highest BCUT2D eigenvalue weighted by atomic mass is 16.3. The molecule has 2 aromatic rings. The first kappa shape index (κ1) is 11.7. The van der Waals surface area contributed by atoms with Gasteiger partial charge in [-0.2, -0.15) is 5.10 Å². The maximum Gasteiger partial charge on any atom is 0.115 e. The van der Waals surface area contributed by atoms with E-state index in [2.05, 4.69) is 22.4 Å². The first-order valence-corrected chi connectivity index (χ1v) is 5.68. The lowest BCUT2D eigenvalue weighted by Gasteiger charge is -2.14. The zero-order valence-electron chi connectivity index (χ0n) is 10.1. The molecule has 0 aliphatic heterocycles. The number of phenols is 1. The van der Waals surface area contributed by atoms with E-state index in [0.29, 0.717) is 5.75 Å². The summed E-state index contributed by atoms with van der Waals surface area (Å²) in [4.78, 5) is 0. The lowest BCUT2D eigenvalue weighted by Crippen LogP contribution is -2.18. The van der Waals surface area contributed by atoms with Gasteiger partial charge in [-0.25, -0.2) is 0 Å². The molecule has 1 aromatic carbocycles. The maximum absolute atomic E-state index is 9.22. The number of aryl methyl sites for hydroxylation is 1. The predicted octanol–water partition coefficient (Wildman–Crippen LogP) is 2.27. The zero-order valence-corrected chi connectivity index (χ0v) is 10.1. The second kappa shape index (κ2) is 5.01. The van der Waals surface area contributed by atoms with Crippen molar-refractivity contribution in [3.63, 3.8) is 0 Å². The Bertz CT molecular complexity index is 476. The quantitative estimate of drug-likeness (QED) is 0.756. The van der Waals surface area contributed by atoms with Gasteiger partial charge in [0.05, 0.1) is 6.20 Å². The van der Waals surface area contributed by atoms with Crippen LogP contribution in [0.2, 0.25) is 0 Å². The molecular weight excluding hydrogens is 214 g/mol. The molecule has 4 nitrogen and oxygen atoms in total. The first-order chi connectivity index (χ1) is 8.16. The van der Waals surface area contributed by atoms with E-state index in [0.717, 1.165) is 17.8 Å². The van der Waals surface area contributed by atoms with Crippen molar-refractivity contribution in [3.8, 4) is 5.75 Å². The number of aromatic hydroxyl groups is 1. The topological polar surface area (TPSA) is 60.9 Å². The highest BCUT2D eigenvalue weighted by Gasteiger charge is 2.06. The van der Waals surface area contributed by atoms with E-state index in [9.17, 15) is 5.11 Å². The van der Waals surface area contributed by atoms with E-state index in [1.165, 1.54) is 5.56 Å². The number of nitrogens with one attached hydrogen (secondary N) is 2. The highest BCUT2D eigenvalue weighted by molar-refractivity contribution is 5.27. The van der Waals surface area contributed by atoms with Crippen LogP contribution in [0.5, 0.6) is 5.75 Å². The van der Waals surface area contributed by atoms with Crippen molar-refractivity contribution >= 4 is 0 Å². The second-order valence-electron chi connectivity index (χ2n) is 4.21. The molecule has 0 fully saturated rings. The molecule has 3 N–H and O–H groups in total. The van der Waals surface area contributed by atoms with Crippen LogP contribution < -0.4 is 5.32 Å². The monoisotopic (exact) mass is 231 g/mol. The Hall–Kier alpha value is -1.81. The molecule has 0 amide bonds. The fraction of sp³-hybridized carbons (Fsp3) is 0.308. The summed E-state index contributed by atoms with van der Waals surface area (Å²) >= 11 is 0. The van der Waals surface area contributed by atoms with Gasteiger partial charge in [-0.05, 0) is 31.5 Å². The summed E-state index contributed by atoms with van der Waals surface area (Å²) in [5.74, 6) is 0.298. The van der Waals surface area contributed by atoms with Gasteiger partial charge in [-0.1, -0.05) is 12.1 Å². The minimum absolute atomic E-state index is 0.241. The molecule has 0 aliphatic rings. The van der Waals surface area contributed by atoms with Crippen molar-refractivity contribution in [1.82, 2.24) is 15.5 Å². The van der Waals surface area contributed by atoms with Gasteiger partial charge >= 0.3 is 0 Å². The van der Waals surface area contributed by atoms with Crippen LogP contribution >= 0.6 is 0 Å². The average molecular weight is 231 g/mol. The molecule has 1 heterocycles. The van der Waals surface area contributed by atoms with E-state index in [-0.39, 0.29) is 6.04 Å². The Morgan fingerprint density at radius 1 is 1.35 bits per heavy atom. The molecule has 90 valence electrons. The van der Waals surface area contributed by atoms with Crippen LogP contribution in [0.25, 0.3) is 0 Å². The summed E-state index contributed by atoms with van der Waals surface area (Å²) in [6, 6.07) is 7.50. The third kappa shape index (κ3) is 2.85. The smallest absolute Gasteiger partial charge is 0.115 e. The fourth-order valence-electron chi connectivity index (χ4n) is 1.70. The van der Waals surface area contributed by atoms with Crippen molar-refractivity contribution in [2.24, 2.45) is 0 Å². The third-order valence-electron chi connectivity index (χ3n) is 2.93. The third-order valence-corrected chi connectivity index (χ3v) is 2.93. The normalized spacial score (nSPS) is 12.6.